The maximum Gasteiger partial charge on any atom is 0.412 e. The molecule has 5 nitrogen and oxygen atoms in total. The third kappa shape index (κ3) is 4.89. The number of anilines is 1. The van der Waals surface area contributed by atoms with Crippen molar-refractivity contribution in [2.75, 3.05) is 5.32 Å². The summed E-state index contributed by atoms with van der Waals surface area (Å²) in [5.74, 6) is 0.695. The minimum absolute atomic E-state index is 0.301. The largest absolute Gasteiger partial charge is 0.488 e. The summed E-state index contributed by atoms with van der Waals surface area (Å²) in [6.07, 6.45) is 1.14. The molecule has 0 fully saturated rings. The molecule has 0 radical (unpaired) electrons. The highest BCUT2D eigenvalue weighted by Crippen LogP contribution is 2.32. The minimum Gasteiger partial charge on any atom is -0.488 e. The van der Waals surface area contributed by atoms with Crippen LogP contribution in [0.25, 0.3) is 10.8 Å². The third-order valence-corrected chi connectivity index (χ3v) is 4.08. The molecule has 3 rings (SSSR count). The van der Waals surface area contributed by atoms with Crippen LogP contribution in [0.3, 0.4) is 0 Å². The highest BCUT2D eigenvalue weighted by atomic mass is 35.5. The van der Waals surface area contributed by atoms with Crippen LogP contribution >= 0.6 is 11.6 Å². The lowest BCUT2D eigenvalue weighted by molar-refractivity contribution is 0.0636. The van der Waals surface area contributed by atoms with Gasteiger partial charge in [-0.1, -0.05) is 41.9 Å². The van der Waals surface area contributed by atoms with E-state index >= 15 is 0 Å². The average molecular weight is 385 g/mol. The monoisotopic (exact) mass is 384 g/mol. The van der Waals surface area contributed by atoms with Gasteiger partial charge in [0.1, 0.15) is 23.1 Å². The Morgan fingerprint density at radius 2 is 1.81 bits per heavy atom. The maximum atomic E-state index is 12.1. The number of benzene rings is 2. The van der Waals surface area contributed by atoms with Gasteiger partial charge in [-0.2, -0.15) is 0 Å². The molecule has 1 N–H and O–H groups in total. The summed E-state index contributed by atoms with van der Waals surface area (Å²) >= 11 is 6.09. The Morgan fingerprint density at radius 1 is 1.07 bits per heavy atom. The van der Waals surface area contributed by atoms with Gasteiger partial charge >= 0.3 is 6.09 Å². The number of rotatable bonds is 4. The molecular weight excluding hydrogens is 364 g/mol. The summed E-state index contributed by atoms with van der Waals surface area (Å²) in [5.41, 5.74) is 0.900. The second-order valence-electron chi connectivity index (χ2n) is 7.03. The van der Waals surface area contributed by atoms with E-state index in [2.05, 4.69) is 10.3 Å². The van der Waals surface area contributed by atoms with Crippen LogP contribution < -0.4 is 10.1 Å². The highest BCUT2D eigenvalue weighted by Gasteiger charge is 2.17. The SMILES string of the molecule is CC(C)(C)OC(=O)Nc1ccc(OCc2cccnc2Cl)c2ccccc12. The van der Waals surface area contributed by atoms with Crippen LogP contribution in [0, 0.1) is 0 Å². The van der Waals surface area contributed by atoms with Crippen molar-refractivity contribution in [1.29, 1.82) is 0 Å². The van der Waals surface area contributed by atoms with E-state index in [1.54, 1.807) is 12.3 Å². The number of carbonyl (C=O) groups excluding carboxylic acids is 1. The second-order valence-corrected chi connectivity index (χ2v) is 7.38. The molecule has 1 amide bonds. The fourth-order valence-electron chi connectivity index (χ4n) is 2.60. The quantitative estimate of drug-likeness (QED) is 0.576. The van der Waals surface area contributed by atoms with E-state index in [0.717, 1.165) is 16.3 Å². The molecule has 2 aromatic carbocycles. The Kier molecular flexibility index (Phi) is 5.51. The molecule has 0 saturated heterocycles. The lowest BCUT2D eigenvalue weighted by atomic mass is 10.1. The number of aromatic nitrogens is 1. The molecule has 0 saturated carbocycles. The van der Waals surface area contributed by atoms with E-state index in [-0.39, 0.29) is 0 Å². The molecule has 0 spiro atoms. The van der Waals surface area contributed by atoms with Gasteiger partial charge in [0.05, 0.1) is 5.69 Å². The van der Waals surface area contributed by atoms with Crippen molar-refractivity contribution >= 4 is 34.2 Å². The van der Waals surface area contributed by atoms with Crippen LogP contribution in [0.2, 0.25) is 5.15 Å². The van der Waals surface area contributed by atoms with Gasteiger partial charge in [-0.25, -0.2) is 9.78 Å². The molecule has 0 aliphatic carbocycles. The van der Waals surface area contributed by atoms with Crippen molar-refractivity contribution in [3.8, 4) is 5.75 Å². The Morgan fingerprint density at radius 3 is 2.52 bits per heavy atom. The zero-order valence-electron chi connectivity index (χ0n) is 15.5. The van der Waals surface area contributed by atoms with Crippen molar-refractivity contribution in [3.05, 3.63) is 65.4 Å². The van der Waals surface area contributed by atoms with E-state index in [9.17, 15) is 4.79 Å². The Labute approximate surface area is 163 Å². The number of hydrogen-bond acceptors (Lipinski definition) is 4. The van der Waals surface area contributed by atoms with Crippen LogP contribution in [0.1, 0.15) is 26.3 Å². The molecule has 140 valence electrons. The van der Waals surface area contributed by atoms with E-state index < -0.39 is 11.7 Å². The number of nitrogens with zero attached hydrogens (tertiary/aromatic N) is 1. The molecule has 0 atom stereocenters. The third-order valence-electron chi connectivity index (χ3n) is 3.74. The first kappa shape index (κ1) is 19.0. The molecule has 0 aliphatic heterocycles. The summed E-state index contributed by atoms with van der Waals surface area (Å²) in [7, 11) is 0. The first-order valence-corrected chi connectivity index (χ1v) is 8.95. The minimum atomic E-state index is -0.564. The van der Waals surface area contributed by atoms with Crippen molar-refractivity contribution in [2.45, 2.75) is 33.0 Å². The molecule has 1 aromatic heterocycles. The molecule has 27 heavy (non-hydrogen) atoms. The molecule has 3 aromatic rings. The Balaban J connectivity index is 1.85. The second kappa shape index (κ2) is 7.84. The van der Waals surface area contributed by atoms with Crippen LogP contribution in [-0.2, 0) is 11.3 Å². The first-order valence-electron chi connectivity index (χ1n) is 8.57. The lowest BCUT2D eigenvalue weighted by Crippen LogP contribution is -2.27. The Hall–Kier alpha value is -2.79. The summed E-state index contributed by atoms with van der Waals surface area (Å²) in [4.78, 5) is 16.2. The van der Waals surface area contributed by atoms with Crippen LogP contribution in [-0.4, -0.2) is 16.7 Å². The van der Waals surface area contributed by atoms with Crippen molar-refractivity contribution in [1.82, 2.24) is 4.98 Å². The number of ether oxygens (including phenoxy) is 2. The van der Waals surface area contributed by atoms with Gasteiger partial charge in [0, 0.05) is 22.5 Å². The number of halogens is 1. The van der Waals surface area contributed by atoms with Crippen molar-refractivity contribution in [2.24, 2.45) is 0 Å². The van der Waals surface area contributed by atoms with Gasteiger partial charge in [0.25, 0.3) is 0 Å². The fraction of sp³-hybridized carbons (Fsp3) is 0.238. The molecular formula is C21H21ClN2O3. The average Bonchev–Trinajstić information content (AvgIpc) is 2.61. The molecule has 1 heterocycles. The number of pyridine rings is 1. The smallest absolute Gasteiger partial charge is 0.412 e. The number of hydrogen-bond donors (Lipinski definition) is 1. The molecule has 0 unspecified atom stereocenters. The fourth-order valence-corrected chi connectivity index (χ4v) is 2.78. The topological polar surface area (TPSA) is 60.5 Å². The summed E-state index contributed by atoms with van der Waals surface area (Å²) in [6, 6.07) is 15.0. The first-order chi connectivity index (χ1) is 12.8. The van der Waals surface area contributed by atoms with Gasteiger partial charge in [-0.3, -0.25) is 5.32 Å². The maximum absolute atomic E-state index is 12.1. The summed E-state index contributed by atoms with van der Waals surface area (Å²) in [6.45, 7) is 5.77. The van der Waals surface area contributed by atoms with Crippen molar-refractivity contribution < 1.29 is 14.3 Å². The summed E-state index contributed by atoms with van der Waals surface area (Å²) < 4.78 is 11.3. The predicted octanol–water partition coefficient (Wildman–Crippen LogP) is 5.81. The summed E-state index contributed by atoms with van der Waals surface area (Å²) in [5, 5.41) is 4.97. The van der Waals surface area contributed by atoms with Crippen LogP contribution in [0.5, 0.6) is 5.75 Å². The van der Waals surface area contributed by atoms with Gasteiger partial charge < -0.3 is 9.47 Å². The van der Waals surface area contributed by atoms with E-state index in [4.69, 9.17) is 21.1 Å². The molecule has 0 aliphatic rings. The zero-order valence-corrected chi connectivity index (χ0v) is 16.2. The molecule has 0 bridgehead atoms. The van der Waals surface area contributed by atoms with Gasteiger partial charge in [-0.15, -0.1) is 0 Å². The standard InChI is InChI=1S/C21H21ClN2O3/c1-21(2,3)27-20(25)24-17-10-11-18(16-9-5-4-8-15(16)17)26-13-14-7-6-12-23-19(14)22/h4-12H,13H2,1-3H3,(H,24,25). The van der Waals surface area contributed by atoms with Gasteiger partial charge in [0.2, 0.25) is 0 Å². The zero-order chi connectivity index (χ0) is 19.4. The number of fused-ring (bicyclic) bond motifs is 1. The van der Waals surface area contributed by atoms with Gasteiger partial charge in [0.15, 0.2) is 0 Å². The van der Waals surface area contributed by atoms with E-state index in [0.29, 0.717) is 23.2 Å². The van der Waals surface area contributed by atoms with E-state index in [1.807, 2.05) is 63.2 Å². The van der Waals surface area contributed by atoms with Gasteiger partial charge in [-0.05, 0) is 39.0 Å². The Bertz CT molecular complexity index is 967. The number of carbonyl (C=O) groups is 1. The predicted molar refractivity (Wildman–Crippen MR) is 107 cm³/mol. The number of amides is 1. The van der Waals surface area contributed by atoms with E-state index in [1.165, 1.54) is 0 Å². The lowest BCUT2D eigenvalue weighted by Gasteiger charge is -2.20. The number of nitrogens with one attached hydrogen (secondary N) is 1. The normalized spacial score (nSPS) is 11.3. The highest BCUT2D eigenvalue weighted by molar-refractivity contribution is 6.30. The molecule has 6 heteroatoms. The van der Waals surface area contributed by atoms with Crippen LogP contribution in [0.15, 0.2) is 54.7 Å². The van der Waals surface area contributed by atoms with Crippen LogP contribution in [0.4, 0.5) is 10.5 Å². The van der Waals surface area contributed by atoms with Crippen molar-refractivity contribution in [3.63, 3.8) is 0 Å².